The number of benzene rings is 2. The molecule has 0 amide bonds. The summed E-state index contributed by atoms with van der Waals surface area (Å²) < 4.78 is 25.3. The number of allylic oxidation sites excluding steroid dienone is 4. The van der Waals surface area contributed by atoms with Gasteiger partial charge in [-0.15, -0.1) is 0 Å². The highest BCUT2D eigenvalue weighted by atomic mass is 16.7. The normalized spacial score (nSPS) is 38.6. The first kappa shape index (κ1) is 29.5. The van der Waals surface area contributed by atoms with Gasteiger partial charge >= 0.3 is 0 Å². The van der Waals surface area contributed by atoms with Crippen LogP contribution in [0.25, 0.3) is 0 Å². The number of ether oxygens (including phenoxy) is 4. The van der Waals surface area contributed by atoms with E-state index in [0.717, 1.165) is 30.6 Å². The van der Waals surface area contributed by atoms with Gasteiger partial charge in [-0.3, -0.25) is 9.59 Å². The van der Waals surface area contributed by atoms with Crippen LogP contribution in [0.2, 0.25) is 0 Å². The van der Waals surface area contributed by atoms with E-state index in [1.165, 1.54) is 0 Å². The van der Waals surface area contributed by atoms with Gasteiger partial charge in [-0.25, -0.2) is 0 Å². The number of hydrogen-bond donors (Lipinski definition) is 1. The van der Waals surface area contributed by atoms with Crippen molar-refractivity contribution in [1.82, 2.24) is 0 Å². The summed E-state index contributed by atoms with van der Waals surface area (Å²) in [7, 11) is 0. The van der Waals surface area contributed by atoms with Gasteiger partial charge in [-0.05, 0) is 92.5 Å². The van der Waals surface area contributed by atoms with E-state index in [2.05, 4.69) is 20.8 Å². The van der Waals surface area contributed by atoms with Crippen molar-refractivity contribution in [3.05, 3.63) is 78.4 Å². The highest BCUT2D eigenvalue weighted by Crippen LogP contribution is 2.69. The first-order valence-electron chi connectivity index (χ1n) is 16.1. The summed E-state index contributed by atoms with van der Waals surface area (Å²) in [5.74, 6) is 2.15. The van der Waals surface area contributed by atoms with E-state index < -0.39 is 29.5 Å². The Hall–Kier alpha value is -3.26. The molecule has 7 nitrogen and oxygen atoms in total. The lowest BCUT2D eigenvalue weighted by molar-refractivity contribution is -0.200. The summed E-state index contributed by atoms with van der Waals surface area (Å²) in [6, 6.07) is 16.8. The molecular formula is C37H42O7. The maximum absolute atomic E-state index is 14.4. The third-order valence-electron chi connectivity index (χ3n) is 11.4. The van der Waals surface area contributed by atoms with Gasteiger partial charge in [0.1, 0.15) is 23.9 Å². The molecule has 1 heterocycles. The summed E-state index contributed by atoms with van der Waals surface area (Å²) in [6.45, 7) is 6.23. The number of rotatable bonds is 8. The molecule has 3 saturated carbocycles. The lowest BCUT2D eigenvalue weighted by Gasteiger charge is -2.59. The number of aliphatic hydroxyl groups is 1. The molecule has 1 saturated heterocycles. The van der Waals surface area contributed by atoms with Gasteiger partial charge in [0.05, 0.1) is 12.2 Å². The number of para-hydroxylation sites is 1. The SMILES string of the molecule is CCC[C@@H]1O[C@H]2CC3C4CCC5=CC(=O)C=CC5(C)C4[C@@H](O)CC3(C)[C@]2(C(=O)COc2ccc(Oc3ccccc3)cc2)O1. The lowest BCUT2D eigenvalue weighted by Crippen LogP contribution is -2.63. The van der Waals surface area contributed by atoms with Gasteiger partial charge in [-0.1, -0.05) is 57.0 Å². The van der Waals surface area contributed by atoms with Gasteiger partial charge in [0.15, 0.2) is 17.7 Å². The van der Waals surface area contributed by atoms with Crippen LogP contribution in [-0.2, 0) is 19.1 Å². The van der Waals surface area contributed by atoms with E-state index in [9.17, 15) is 14.7 Å². The molecule has 1 aliphatic heterocycles. The van der Waals surface area contributed by atoms with Crippen molar-refractivity contribution in [2.75, 3.05) is 6.61 Å². The second kappa shape index (κ2) is 11.0. The zero-order valence-electron chi connectivity index (χ0n) is 25.7. The molecule has 1 N–H and O–H groups in total. The van der Waals surface area contributed by atoms with Crippen LogP contribution in [-0.4, -0.2) is 47.4 Å². The summed E-state index contributed by atoms with van der Waals surface area (Å²) in [5.41, 5.74) is -1.09. The monoisotopic (exact) mass is 598 g/mol. The Bertz CT molecular complexity index is 1480. The molecule has 4 aliphatic carbocycles. The number of carbonyl (C=O) groups excluding carboxylic acids is 2. The van der Waals surface area contributed by atoms with Gasteiger partial charge in [-0.2, -0.15) is 0 Å². The molecule has 2 aromatic rings. The highest BCUT2D eigenvalue weighted by molar-refractivity contribution is 6.01. The van der Waals surface area contributed by atoms with Crippen LogP contribution in [0.15, 0.2) is 78.4 Å². The standard InChI is InChI=1S/C37H42O7/c1-4-8-33-43-32-20-29-28-16-11-23-19-24(38)17-18-35(23,2)34(28)30(39)21-36(29,3)37(32,44-33)31(40)22-41-25-12-14-27(15-13-25)42-26-9-6-5-7-10-26/h5-7,9-10,12-15,17-19,28-30,32-34,39H,4,8,11,16,20-22H2,1-3H3/t28?,29?,30-,32-,33+,34?,35?,36?,37+/m0/s1. The number of aliphatic hydroxyl groups excluding tert-OH is 1. The van der Waals surface area contributed by atoms with Gasteiger partial charge in [0.25, 0.3) is 0 Å². The van der Waals surface area contributed by atoms with E-state index in [1.807, 2.05) is 48.5 Å². The second-order valence-corrected chi connectivity index (χ2v) is 13.7. The lowest BCUT2D eigenvalue weighted by atomic mass is 9.46. The predicted octanol–water partition coefficient (Wildman–Crippen LogP) is 6.60. The predicted molar refractivity (Wildman–Crippen MR) is 164 cm³/mol. The molecule has 2 aromatic carbocycles. The number of ketones is 2. The Morgan fingerprint density at radius 2 is 1.77 bits per heavy atom. The van der Waals surface area contributed by atoms with Crippen LogP contribution in [0.5, 0.6) is 17.2 Å². The largest absolute Gasteiger partial charge is 0.486 e. The van der Waals surface area contributed by atoms with Crippen molar-refractivity contribution in [2.24, 2.45) is 28.6 Å². The minimum atomic E-state index is -1.20. The minimum absolute atomic E-state index is 0.0214. The van der Waals surface area contributed by atoms with Crippen molar-refractivity contribution in [3.8, 4) is 17.2 Å². The van der Waals surface area contributed by atoms with E-state index in [1.54, 1.807) is 24.3 Å². The Labute approximate surface area is 259 Å². The molecule has 5 aliphatic rings. The Kier molecular flexibility index (Phi) is 7.34. The van der Waals surface area contributed by atoms with Crippen LogP contribution >= 0.6 is 0 Å². The van der Waals surface area contributed by atoms with Gasteiger partial charge in [0.2, 0.25) is 5.78 Å². The van der Waals surface area contributed by atoms with E-state index >= 15 is 0 Å². The van der Waals surface area contributed by atoms with Crippen LogP contribution in [0.4, 0.5) is 0 Å². The van der Waals surface area contributed by atoms with E-state index in [4.69, 9.17) is 18.9 Å². The summed E-state index contributed by atoms with van der Waals surface area (Å²) in [6.07, 6.45) is 8.33. The smallest absolute Gasteiger partial charge is 0.205 e. The molecule has 7 heteroatoms. The topological polar surface area (TPSA) is 91.3 Å². The molecular weight excluding hydrogens is 556 g/mol. The molecule has 0 radical (unpaired) electrons. The van der Waals surface area contributed by atoms with Gasteiger partial charge < -0.3 is 24.1 Å². The first-order chi connectivity index (χ1) is 21.2. The third kappa shape index (κ3) is 4.50. The van der Waals surface area contributed by atoms with Crippen LogP contribution < -0.4 is 9.47 Å². The van der Waals surface area contributed by atoms with Gasteiger partial charge in [0, 0.05) is 16.7 Å². The molecule has 0 aromatic heterocycles. The molecule has 7 rings (SSSR count). The van der Waals surface area contributed by atoms with Crippen molar-refractivity contribution in [3.63, 3.8) is 0 Å². The van der Waals surface area contributed by atoms with Crippen LogP contribution in [0.1, 0.15) is 59.3 Å². The molecule has 232 valence electrons. The summed E-state index contributed by atoms with van der Waals surface area (Å²) in [5, 5.41) is 11.9. The summed E-state index contributed by atoms with van der Waals surface area (Å²) >= 11 is 0. The van der Waals surface area contributed by atoms with Crippen molar-refractivity contribution >= 4 is 11.6 Å². The number of hydrogen-bond acceptors (Lipinski definition) is 7. The number of Topliss-reactive ketones (excluding diaryl/α,β-unsaturated/α-hetero) is 1. The Balaban J connectivity index is 1.14. The fourth-order valence-corrected chi connectivity index (χ4v) is 9.49. The molecule has 0 spiro atoms. The molecule has 44 heavy (non-hydrogen) atoms. The van der Waals surface area contributed by atoms with Crippen LogP contribution in [0.3, 0.4) is 0 Å². The average Bonchev–Trinajstić information content (AvgIpc) is 3.49. The maximum Gasteiger partial charge on any atom is 0.205 e. The summed E-state index contributed by atoms with van der Waals surface area (Å²) in [4.78, 5) is 26.6. The van der Waals surface area contributed by atoms with E-state index in [0.29, 0.717) is 30.8 Å². The fraction of sp³-hybridized carbons (Fsp3) is 0.514. The number of carbonyl (C=O) groups is 2. The minimum Gasteiger partial charge on any atom is -0.486 e. The van der Waals surface area contributed by atoms with Crippen molar-refractivity contribution < 1.29 is 33.6 Å². The molecule has 5 unspecified atom stereocenters. The molecule has 4 fully saturated rings. The van der Waals surface area contributed by atoms with Crippen molar-refractivity contribution in [1.29, 1.82) is 0 Å². The second-order valence-electron chi connectivity index (χ2n) is 13.7. The number of fused-ring (bicyclic) bond motifs is 7. The Morgan fingerprint density at radius 1 is 1.05 bits per heavy atom. The third-order valence-corrected chi connectivity index (χ3v) is 11.4. The highest BCUT2D eigenvalue weighted by Gasteiger charge is 2.75. The van der Waals surface area contributed by atoms with Crippen LogP contribution in [0, 0.1) is 28.6 Å². The molecule has 9 atom stereocenters. The Morgan fingerprint density at radius 3 is 2.52 bits per heavy atom. The first-order valence-corrected chi connectivity index (χ1v) is 16.1. The quantitative estimate of drug-likeness (QED) is 0.366. The zero-order chi connectivity index (χ0) is 30.7. The average molecular weight is 599 g/mol. The van der Waals surface area contributed by atoms with Crippen molar-refractivity contribution in [2.45, 2.75) is 83.4 Å². The zero-order valence-corrected chi connectivity index (χ0v) is 25.7. The van der Waals surface area contributed by atoms with E-state index in [-0.39, 0.29) is 41.3 Å². The fourth-order valence-electron chi connectivity index (χ4n) is 9.49. The maximum atomic E-state index is 14.4. The molecule has 0 bridgehead atoms.